The summed E-state index contributed by atoms with van der Waals surface area (Å²) in [6, 6.07) is 0. The zero-order valence-corrected chi connectivity index (χ0v) is 37.9. The second kappa shape index (κ2) is 17.6. The van der Waals surface area contributed by atoms with E-state index in [1.807, 2.05) is 32.9 Å². The van der Waals surface area contributed by atoms with Gasteiger partial charge in [-0.2, -0.15) is 0 Å². The molecule has 0 aromatic rings. The average Bonchev–Trinajstić information content (AvgIpc) is 3.91. The molecule has 5 saturated heterocycles. The van der Waals surface area contributed by atoms with Gasteiger partial charge in [0.1, 0.15) is 24.4 Å². The van der Waals surface area contributed by atoms with Crippen molar-refractivity contribution in [3.8, 4) is 0 Å². The van der Waals surface area contributed by atoms with Gasteiger partial charge < -0.3 is 57.2 Å². The number of carbonyl (C=O) groups excluding carboxylic acids is 1. The third kappa shape index (κ3) is 8.44. The Morgan fingerprint density at radius 2 is 1.57 bits per heavy atom. The molecule has 1 aliphatic carbocycles. The fraction of sp³-hybridized carbons (Fsp3) is 0.771. The summed E-state index contributed by atoms with van der Waals surface area (Å²) in [6.45, 7) is 19.0. The predicted octanol–water partition coefficient (Wildman–Crippen LogP) is 6.63. The highest BCUT2D eigenvalue weighted by atomic mass is 16.8. The molecular weight excluding hydrogens is 785 g/mol. The molecule has 0 radical (unpaired) electrons. The number of allylic oxidation sites excluding steroid dienone is 2. The Morgan fingerprint density at radius 3 is 2.31 bits per heavy atom. The number of rotatable bonds is 7. The Labute approximate surface area is 362 Å². The third-order valence-electron chi connectivity index (χ3n) is 14.8. The minimum atomic E-state index is -1.03. The molecule has 8 rings (SSSR count). The molecule has 340 valence electrons. The summed E-state index contributed by atoms with van der Waals surface area (Å²) < 4.78 is 70.8. The largest absolute Gasteiger partial charge is 0.462 e. The molecular formula is C48H70O13. The van der Waals surface area contributed by atoms with Gasteiger partial charge in [-0.15, -0.1) is 0 Å². The Hall–Kier alpha value is -2.27. The van der Waals surface area contributed by atoms with Crippen LogP contribution in [0.4, 0.5) is 0 Å². The van der Waals surface area contributed by atoms with Gasteiger partial charge in [-0.1, -0.05) is 64.2 Å². The van der Waals surface area contributed by atoms with Crippen molar-refractivity contribution < 1.29 is 62.0 Å². The van der Waals surface area contributed by atoms with Crippen molar-refractivity contribution in [2.75, 3.05) is 20.8 Å². The van der Waals surface area contributed by atoms with E-state index in [0.29, 0.717) is 38.7 Å². The van der Waals surface area contributed by atoms with Gasteiger partial charge in [0.15, 0.2) is 18.4 Å². The lowest BCUT2D eigenvalue weighted by Crippen LogP contribution is -2.55. The summed E-state index contributed by atoms with van der Waals surface area (Å²) in [5, 5.41) is 10.5. The minimum absolute atomic E-state index is 0.0524. The molecule has 13 heteroatoms. The van der Waals surface area contributed by atoms with E-state index in [0.717, 1.165) is 16.7 Å². The zero-order chi connectivity index (χ0) is 43.6. The second-order valence-corrected chi connectivity index (χ2v) is 19.5. The number of carbonyl (C=O) groups is 1. The van der Waals surface area contributed by atoms with Gasteiger partial charge in [-0.3, -0.25) is 4.79 Å². The summed E-state index contributed by atoms with van der Waals surface area (Å²) in [6.07, 6.45) is 11.7. The molecule has 2 bridgehead atoms. The Morgan fingerprint density at radius 1 is 0.852 bits per heavy atom. The maximum atomic E-state index is 14.5. The fourth-order valence-corrected chi connectivity index (χ4v) is 11.2. The van der Waals surface area contributed by atoms with Crippen LogP contribution in [0.15, 0.2) is 59.3 Å². The molecule has 0 aromatic heterocycles. The van der Waals surface area contributed by atoms with Gasteiger partial charge >= 0.3 is 5.97 Å². The molecule has 2 spiro atoms. The molecule has 8 aliphatic rings. The van der Waals surface area contributed by atoms with Gasteiger partial charge in [0.2, 0.25) is 5.79 Å². The van der Waals surface area contributed by atoms with Crippen molar-refractivity contribution in [2.24, 2.45) is 29.1 Å². The van der Waals surface area contributed by atoms with Gasteiger partial charge in [0, 0.05) is 51.7 Å². The third-order valence-corrected chi connectivity index (χ3v) is 14.8. The highest BCUT2D eigenvalue weighted by Crippen LogP contribution is 2.67. The molecule has 0 aromatic carbocycles. The summed E-state index contributed by atoms with van der Waals surface area (Å²) in [5.41, 5.74) is 2.22. The lowest BCUT2D eigenvalue weighted by atomic mass is 9.64. The van der Waals surface area contributed by atoms with Gasteiger partial charge in [0.05, 0.1) is 60.7 Å². The Balaban J connectivity index is 1.08. The van der Waals surface area contributed by atoms with Crippen LogP contribution in [0, 0.1) is 29.1 Å². The first-order valence-electron chi connectivity index (χ1n) is 22.7. The maximum Gasteiger partial charge on any atom is 0.314 e. The van der Waals surface area contributed by atoms with E-state index in [2.05, 4.69) is 71.9 Å². The first-order chi connectivity index (χ1) is 29.0. The van der Waals surface area contributed by atoms with Crippen LogP contribution in [-0.4, -0.2) is 123 Å². The van der Waals surface area contributed by atoms with Crippen LogP contribution in [0.2, 0.25) is 0 Å². The number of methoxy groups -OCH3 is 2. The SMILES string of the molecule is CO[C@H]1CC(O[C@H]2[C@H](C)OC(O[C@@H]3/C(C)=C/C[C@H]4C[C@@H](C[C@]5(C=C[C@H](C)C(C(C)C)O5)O4)OC(=O)[C@@H]4C=C(C)[C@H]5O[C@]56OC/C(=C\C=C\[C@@H]3C)[C@]46C)C[C@@H]2OC)O[C@@H](C)[C@H]1O. The summed E-state index contributed by atoms with van der Waals surface area (Å²) in [5.74, 6) is -2.44. The number of hydrogen-bond donors (Lipinski definition) is 1. The molecule has 19 atom stereocenters. The number of ether oxygens (including phenoxy) is 11. The molecule has 61 heavy (non-hydrogen) atoms. The quantitative estimate of drug-likeness (QED) is 0.167. The first-order valence-corrected chi connectivity index (χ1v) is 22.7. The van der Waals surface area contributed by atoms with Crippen LogP contribution >= 0.6 is 0 Å². The lowest BCUT2D eigenvalue weighted by molar-refractivity contribution is -0.318. The maximum absolute atomic E-state index is 14.5. The molecule has 1 N–H and O–H groups in total. The van der Waals surface area contributed by atoms with Crippen molar-refractivity contribution in [3.63, 3.8) is 0 Å². The highest BCUT2D eigenvalue weighted by molar-refractivity contribution is 5.78. The summed E-state index contributed by atoms with van der Waals surface area (Å²) in [7, 11) is 3.26. The average molecular weight is 855 g/mol. The lowest BCUT2D eigenvalue weighted by Gasteiger charge is -2.48. The van der Waals surface area contributed by atoms with Crippen molar-refractivity contribution >= 4 is 5.97 Å². The molecule has 0 saturated carbocycles. The van der Waals surface area contributed by atoms with Crippen molar-refractivity contribution in [1.82, 2.24) is 0 Å². The molecule has 13 nitrogen and oxygen atoms in total. The standard InChI is InChI=1S/C48H70O13/c1-25(2)41-28(5)17-18-47(60-41)23-34-20-33(59-47)16-15-27(4)42(57-39-22-37(52-11)43(31(8)55-39)58-38-21-36(51-10)40(49)30(7)54-38)26(3)13-12-14-32-24-53-48-44(61-48)29(6)19-35(45(50)56-34)46(32,48)9/h12-15,17-19,25-26,28,30-31,33-44,49H,16,20-24H2,1-11H3/b13-12+,27-15+,32-14+/t26-,28-,30-,31-,33-,34-,35-,36-,37-,38?,39?,40+,41?,42-,43-,44+,46+,47+,48+/m0/s1. The fourth-order valence-electron chi connectivity index (χ4n) is 11.2. The van der Waals surface area contributed by atoms with E-state index >= 15 is 0 Å². The smallest absolute Gasteiger partial charge is 0.314 e. The Bertz CT molecular complexity index is 1770. The Kier molecular flexibility index (Phi) is 13.1. The molecule has 7 heterocycles. The topological polar surface area (TPSA) is 142 Å². The number of fused-ring (bicyclic) bond motifs is 2. The van der Waals surface area contributed by atoms with E-state index in [-0.39, 0.29) is 60.3 Å². The molecule has 3 unspecified atom stereocenters. The van der Waals surface area contributed by atoms with Crippen LogP contribution in [0.1, 0.15) is 94.4 Å². The number of hydrogen-bond acceptors (Lipinski definition) is 13. The molecule has 5 fully saturated rings. The van der Waals surface area contributed by atoms with Gasteiger partial charge in [-0.25, -0.2) is 0 Å². The van der Waals surface area contributed by atoms with E-state index < -0.39 is 66.0 Å². The summed E-state index contributed by atoms with van der Waals surface area (Å²) in [4.78, 5) is 14.5. The molecule has 7 aliphatic heterocycles. The van der Waals surface area contributed by atoms with E-state index in [9.17, 15) is 9.90 Å². The highest BCUT2D eigenvalue weighted by Gasteiger charge is 2.78. The van der Waals surface area contributed by atoms with Crippen LogP contribution < -0.4 is 0 Å². The molecule has 0 amide bonds. The van der Waals surface area contributed by atoms with Crippen LogP contribution in [-0.2, 0) is 56.9 Å². The van der Waals surface area contributed by atoms with Crippen LogP contribution in [0.5, 0.6) is 0 Å². The zero-order valence-electron chi connectivity index (χ0n) is 37.9. The van der Waals surface area contributed by atoms with Crippen molar-refractivity contribution in [2.45, 2.75) is 186 Å². The second-order valence-electron chi connectivity index (χ2n) is 19.5. The minimum Gasteiger partial charge on any atom is -0.462 e. The normalized spacial score (nSPS) is 51.0. The van der Waals surface area contributed by atoms with Gasteiger partial charge in [0.25, 0.3) is 0 Å². The number of esters is 1. The predicted molar refractivity (Wildman–Crippen MR) is 224 cm³/mol. The van der Waals surface area contributed by atoms with Crippen molar-refractivity contribution in [1.29, 1.82) is 0 Å². The van der Waals surface area contributed by atoms with E-state index in [1.165, 1.54) is 0 Å². The number of aliphatic hydroxyl groups excluding tert-OH is 1. The van der Waals surface area contributed by atoms with Crippen LogP contribution in [0.25, 0.3) is 0 Å². The van der Waals surface area contributed by atoms with Crippen molar-refractivity contribution in [3.05, 3.63) is 59.3 Å². The monoisotopic (exact) mass is 854 g/mol. The number of epoxide rings is 1. The first kappa shape index (κ1) is 45.3. The van der Waals surface area contributed by atoms with Gasteiger partial charge in [-0.05, 0) is 69.8 Å². The van der Waals surface area contributed by atoms with E-state index in [1.54, 1.807) is 14.2 Å². The number of aliphatic hydroxyl groups is 1. The van der Waals surface area contributed by atoms with Crippen LogP contribution in [0.3, 0.4) is 0 Å². The summed E-state index contributed by atoms with van der Waals surface area (Å²) >= 11 is 0. The van der Waals surface area contributed by atoms with E-state index in [4.69, 9.17) is 52.1 Å².